The van der Waals surface area contributed by atoms with E-state index in [1.165, 1.54) is 38.1 Å². The molecule has 6 rings (SSSR count). The first kappa shape index (κ1) is 27.9. The Balaban J connectivity index is 1.94. The lowest BCUT2D eigenvalue weighted by atomic mass is 9.80. The van der Waals surface area contributed by atoms with Crippen LogP contribution in [0.25, 0.3) is 65.6 Å². The van der Waals surface area contributed by atoms with E-state index in [0.29, 0.717) is 13.2 Å². The van der Waals surface area contributed by atoms with Crippen molar-refractivity contribution in [3.63, 3.8) is 0 Å². The molecule has 5 aromatic carbocycles. The molecule has 0 N–H and O–H groups in total. The van der Waals surface area contributed by atoms with Crippen molar-refractivity contribution < 1.29 is 9.47 Å². The molecule has 5 aromatic rings. The van der Waals surface area contributed by atoms with Crippen molar-refractivity contribution in [2.75, 3.05) is 19.8 Å². The van der Waals surface area contributed by atoms with Crippen LogP contribution < -0.4 is 9.47 Å². The van der Waals surface area contributed by atoms with E-state index >= 15 is 0 Å². The molecule has 1 aliphatic heterocycles. The van der Waals surface area contributed by atoms with Crippen LogP contribution in [0.3, 0.4) is 0 Å². The minimum absolute atomic E-state index is 0.566. The van der Waals surface area contributed by atoms with Crippen LogP contribution in [0.5, 0.6) is 11.5 Å². The number of hydrogen-bond donors (Lipinski definition) is 0. The van der Waals surface area contributed by atoms with Crippen molar-refractivity contribution in [1.82, 2.24) is 4.90 Å². The van der Waals surface area contributed by atoms with E-state index in [2.05, 4.69) is 88.4 Å². The van der Waals surface area contributed by atoms with Gasteiger partial charge in [0.1, 0.15) is 11.5 Å². The Hall–Kier alpha value is -4.24. The van der Waals surface area contributed by atoms with Crippen molar-refractivity contribution in [2.45, 2.75) is 53.9 Å². The summed E-state index contributed by atoms with van der Waals surface area (Å²) < 4.78 is 13.0. The first-order chi connectivity index (χ1) is 20.3. The standard InChI is InChI=1S/C39H41NO2/c1-10-15-23(7)27-17-19-29-35-28(18-16-26(34(27)35)22(6)11-2)37-32(41-13-4)20-30-24(8)40(12-3)25(9)31-21-33(42-14-5)38(29)39(37)36(30)31/h16-21H,6-15H2,1-5H3. The average molecular weight is 556 g/mol. The molecule has 0 saturated heterocycles. The summed E-state index contributed by atoms with van der Waals surface area (Å²) in [4.78, 5) is 2.19. The zero-order chi connectivity index (χ0) is 29.9. The fraction of sp³-hybridized carbons (Fsp3) is 0.282. The number of rotatable bonds is 10. The van der Waals surface area contributed by atoms with Gasteiger partial charge in [0, 0.05) is 50.6 Å². The predicted octanol–water partition coefficient (Wildman–Crippen LogP) is 11.0. The minimum atomic E-state index is 0.566. The van der Waals surface area contributed by atoms with Crippen LogP contribution in [0.15, 0.2) is 62.7 Å². The average Bonchev–Trinajstić information content (AvgIpc) is 2.99. The highest BCUT2D eigenvalue weighted by Crippen LogP contribution is 2.54. The van der Waals surface area contributed by atoms with Gasteiger partial charge in [-0.3, -0.25) is 0 Å². The van der Waals surface area contributed by atoms with Crippen molar-refractivity contribution in [3.8, 4) is 11.5 Å². The first-order valence-electron chi connectivity index (χ1n) is 15.4. The second kappa shape index (κ2) is 10.5. The molecule has 1 aliphatic rings. The van der Waals surface area contributed by atoms with Crippen LogP contribution >= 0.6 is 0 Å². The molecule has 42 heavy (non-hydrogen) atoms. The van der Waals surface area contributed by atoms with E-state index in [4.69, 9.17) is 9.47 Å². The molecule has 0 unspecified atom stereocenters. The van der Waals surface area contributed by atoms with E-state index in [1.807, 2.05) is 13.8 Å². The van der Waals surface area contributed by atoms with Gasteiger partial charge >= 0.3 is 0 Å². The maximum absolute atomic E-state index is 6.48. The van der Waals surface area contributed by atoms with Crippen LogP contribution in [0.2, 0.25) is 0 Å². The molecular formula is C39H41NO2. The molecule has 214 valence electrons. The van der Waals surface area contributed by atoms with Gasteiger partial charge in [-0.2, -0.15) is 0 Å². The first-order valence-corrected chi connectivity index (χ1v) is 15.4. The molecule has 0 bridgehead atoms. The lowest BCUT2D eigenvalue weighted by molar-refractivity contribution is 0.343. The second-order valence-electron chi connectivity index (χ2n) is 11.2. The van der Waals surface area contributed by atoms with E-state index in [9.17, 15) is 0 Å². The summed E-state index contributed by atoms with van der Waals surface area (Å²) in [6, 6.07) is 13.5. The molecular weight excluding hydrogens is 514 g/mol. The largest absolute Gasteiger partial charge is 0.493 e. The van der Waals surface area contributed by atoms with Crippen molar-refractivity contribution >= 4 is 65.6 Å². The van der Waals surface area contributed by atoms with Gasteiger partial charge < -0.3 is 14.4 Å². The summed E-state index contributed by atoms with van der Waals surface area (Å²) in [5.41, 5.74) is 8.77. The molecule has 0 saturated carbocycles. The maximum atomic E-state index is 6.48. The summed E-state index contributed by atoms with van der Waals surface area (Å²) in [6.45, 7) is 30.6. The molecule has 0 fully saturated rings. The van der Waals surface area contributed by atoms with Gasteiger partial charge in [0.25, 0.3) is 0 Å². The Morgan fingerprint density at radius 2 is 1.17 bits per heavy atom. The highest BCUT2D eigenvalue weighted by Gasteiger charge is 2.31. The summed E-state index contributed by atoms with van der Waals surface area (Å²) in [5, 5.41) is 9.36. The predicted molar refractivity (Wildman–Crippen MR) is 184 cm³/mol. The summed E-state index contributed by atoms with van der Waals surface area (Å²) >= 11 is 0. The SMILES string of the molecule is C=C(CC)c1ccc2c3c(OCC)cc4c5c(cc(OCC)c(c6ccc(C(=C)CCC)c1c26)c53)C(=C)N(CC)C4=C. The third-order valence-corrected chi connectivity index (χ3v) is 8.96. The molecule has 0 aliphatic carbocycles. The maximum Gasteiger partial charge on any atom is 0.128 e. The smallest absolute Gasteiger partial charge is 0.128 e. The Labute approximate surface area is 249 Å². The Kier molecular flexibility index (Phi) is 7.01. The normalized spacial score (nSPS) is 13.2. The van der Waals surface area contributed by atoms with Crippen LogP contribution in [0, 0.1) is 0 Å². The van der Waals surface area contributed by atoms with Crippen molar-refractivity contribution in [2.24, 2.45) is 0 Å². The molecule has 3 nitrogen and oxygen atoms in total. The van der Waals surface area contributed by atoms with Gasteiger partial charge in [0.2, 0.25) is 0 Å². The van der Waals surface area contributed by atoms with Gasteiger partial charge in [-0.05, 0) is 89.6 Å². The second-order valence-corrected chi connectivity index (χ2v) is 11.2. The Morgan fingerprint density at radius 1 is 0.643 bits per heavy atom. The third kappa shape index (κ3) is 3.79. The van der Waals surface area contributed by atoms with Crippen LogP contribution in [0.1, 0.15) is 76.1 Å². The zero-order valence-electron chi connectivity index (χ0n) is 25.8. The Morgan fingerprint density at radius 3 is 1.62 bits per heavy atom. The van der Waals surface area contributed by atoms with Gasteiger partial charge in [-0.15, -0.1) is 0 Å². The topological polar surface area (TPSA) is 21.7 Å². The van der Waals surface area contributed by atoms with Gasteiger partial charge in [0.15, 0.2) is 0 Å². The molecule has 0 atom stereocenters. The minimum Gasteiger partial charge on any atom is -0.493 e. The molecule has 0 spiro atoms. The molecule has 0 radical (unpaired) electrons. The van der Waals surface area contributed by atoms with Crippen LogP contribution in [-0.4, -0.2) is 24.7 Å². The third-order valence-electron chi connectivity index (χ3n) is 8.96. The number of nitrogens with zero attached hydrogens (tertiary/aromatic N) is 1. The Bertz CT molecular complexity index is 1880. The highest BCUT2D eigenvalue weighted by atomic mass is 16.5. The lowest BCUT2D eigenvalue weighted by Gasteiger charge is -2.35. The fourth-order valence-corrected chi connectivity index (χ4v) is 7.08. The summed E-state index contributed by atoms with van der Waals surface area (Å²) in [7, 11) is 0. The zero-order valence-corrected chi connectivity index (χ0v) is 25.8. The molecule has 1 heterocycles. The summed E-state index contributed by atoms with van der Waals surface area (Å²) in [5.74, 6) is 1.75. The summed E-state index contributed by atoms with van der Waals surface area (Å²) in [6.07, 6.45) is 2.87. The number of allylic oxidation sites excluding steroid dienone is 2. The quantitative estimate of drug-likeness (QED) is 0.126. The highest BCUT2D eigenvalue weighted by molar-refractivity contribution is 6.38. The van der Waals surface area contributed by atoms with Crippen molar-refractivity contribution in [3.05, 3.63) is 85.0 Å². The van der Waals surface area contributed by atoms with E-state index in [-0.39, 0.29) is 0 Å². The van der Waals surface area contributed by atoms with E-state index in [0.717, 1.165) is 87.1 Å². The molecule has 0 aromatic heterocycles. The fourth-order valence-electron chi connectivity index (χ4n) is 7.08. The van der Waals surface area contributed by atoms with Crippen LogP contribution in [-0.2, 0) is 0 Å². The number of benzene rings is 5. The van der Waals surface area contributed by atoms with E-state index in [1.54, 1.807) is 0 Å². The lowest BCUT2D eigenvalue weighted by Crippen LogP contribution is -2.23. The number of fused-ring (bicyclic) bond motifs is 2. The van der Waals surface area contributed by atoms with Gasteiger partial charge in [-0.25, -0.2) is 0 Å². The molecule has 3 heteroatoms. The van der Waals surface area contributed by atoms with Gasteiger partial charge in [-0.1, -0.05) is 70.8 Å². The monoisotopic (exact) mass is 555 g/mol. The van der Waals surface area contributed by atoms with Crippen molar-refractivity contribution in [1.29, 1.82) is 0 Å². The number of hydrogen-bond acceptors (Lipinski definition) is 3. The van der Waals surface area contributed by atoms with Gasteiger partial charge in [0.05, 0.1) is 13.2 Å². The van der Waals surface area contributed by atoms with Crippen LogP contribution in [0.4, 0.5) is 0 Å². The number of ether oxygens (including phenoxy) is 2. The molecule has 0 amide bonds. The van der Waals surface area contributed by atoms with E-state index < -0.39 is 0 Å².